The lowest BCUT2D eigenvalue weighted by atomic mass is 10.2. The minimum Gasteiger partial charge on any atom is -0.339 e. The number of allylic oxidation sites excluding steroid dienone is 5. The van der Waals surface area contributed by atoms with E-state index in [1.54, 1.807) is 6.08 Å². The molecule has 0 saturated heterocycles. The number of hydrogen-bond donors (Lipinski definition) is 2. The third-order valence-electron chi connectivity index (χ3n) is 3.46. The van der Waals surface area contributed by atoms with E-state index in [1.807, 2.05) is 55.5 Å². The highest BCUT2D eigenvalue weighted by Gasteiger charge is 2.13. The molecule has 25 heavy (non-hydrogen) atoms. The Labute approximate surface area is 144 Å². The first kappa shape index (κ1) is 16.3. The van der Waals surface area contributed by atoms with E-state index in [0.29, 0.717) is 22.5 Å². The molecule has 0 spiro atoms. The summed E-state index contributed by atoms with van der Waals surface area (Å²) in [5.41, 5.74) is 1.73. The number of para-hydroxylation sites is 1. The van der Waals surface area contributed by atoms with Gasteiger partial charge < -0.3 is 5.32 Å². The molecule has 2 N–H and O–H groups in total. The fourth-order valence-corrected chi connectivity index (χ4v) is 2.39. The first-order valence-corrected chi connectivity index (χ1v) is 7.76. The molecule has 1 aromatic carbocycles. The lowest BCUT2D eigenvalue weighted by molar-refractivity contribution is 0.997. The summed E-state index contributed by atoms with van der Waals surface area (Å²) in [7, 11) is 0. The van der Waals surface area contributed by atoms with E-state index in [-0.39, 0.29) is 5.56 Å². The van der Waals surface area contributed by atoms with Gasteiger partial charge in [-0.3, -0.25) is 4.79 Å². The van der Waals surface area contributed by atoms with Gasteiger partial charge in [0.05, 0.1) is 6.20 Å². The van der Waals surface area contributed by atoms with E-state index >= 15 is 0 Å². The molecule has 0 unspecified atom stereocenters. The third kappa shape index (κ3) is 3.53. The first-order valence-electron chi connectivity index (χ1n) is 7.76. The van der Waals surface area contributed by atoms with E-state index in [2.05, 4.69) is 32.1 Å². The fraction of sp³-hybridized carbons (Fsp3) is 0.0526. The molecule has 3 aromatic rings. The van der Waals surface area contributed by atoms with E-state index in [0.717, 1.165) is 11.3 Å². The molecular weight excluding hydrogens is 314 g/mol. The van der Waals surface area contributed by atoms with E-state index in [4.69, 9.17) is 0 Å². The molecule has 0 aliphatic rings. The summed E-state index contributed by atoms with van der Waals surface area (Å²) < 4.78 is 0. The number of nitrogens with one attached hydrogen (secondary N) is 2. The number of hydrogen-bond acceptors (Lipinski definition) is 5. The predicted molar refractivity (Wildman–Crippen MR) is 101 cm³/mol. The summed E-state index contributed by atoms with van der Waals surface area (Å²) in [5, 5.41) is 9.82. The molecule has 2 heterocycles. The van der Waals surface area contributed by atoms with Gasteiger partial charge in [0, 0.05) is 11.3 Å². The maximum absolute atomic E-state index is 12.2. The summed E-state index contributed by atoms with van der Waals surface area (Å²) in [6, 6.07) is 9.52. The first-order chi connectivity index (χ1) is 12.2. The standard InChI is InChI=1S/C19H17N5O/c1-3-8-13(9-4-2)17-22-15-12-20-24-19(25)16(15)18(23-17)21-14-10-6-5-7-11-14/h3-12H,1H2,2H3,(H,24,25)(H,21,22,23)/b9-4-,13-8+. The Kier molecular flexibility index (Phi) is 4.80. The zero-order valence-electron chi connectivity index (χ0n) is 13.7. The van der Waals surface area contributed by atoms with Crippen molar-refractivity contribution in [1.82, 2.24) is 20.2 Å². The molecule has 0 saturated carbocycles. The fourth-order valence-electron chi connectivity index (χ4n) is 2.39. The smallest absolute Gasteiger partial charge is 0.277 e. The molecule has 3 rings (SSSR count). The summed E-state index contributed by atoms with van der Waals surface area (Å²) in [5.74, 6) is 0.908. The van der Waals surface area contributed by atoms with Crippen molar-refractivity contribution in [3.8, 4) is 0 Å². The molecule has 2 aromatic heterocycles. The Balaban J connectivity index is 2.23. The van der Waals surface area contributed by atoms with E-state index in [1.165, 1.54) is 6.20 Å². The van der Waals surface area contributed by atoms with Crippen LogP contribution in [0.5, 0.6) is 0 Å². The van der Waals surface area contributed by atoms with Crippen LogP contribution in [0, 0.1) is 0 Å². The second kappa shape index (κ2) is 7.35. The van der Waals surface area contributed by atoms with Crippen LogP contribution in [0.1, 0.15) is 12.7 Å². The van der Waals surface area contributed by atoms with Crippen LogP contribution in [0.3, 0.4) is 0 Å². The van der Waals surface area contributed by atoms with Crippen molar-refractivity contribution >= 4 is 28.0 Å². The third-order valence-corrected chi connectivity index (χ3v) is 3.46. The predicted octanol–water partition coefficient (Wildman–Crippen LogP) is 3.60. The Morgan fingerprint density at radius 3 is 2.76 bits per heavy atom. The van der Waals surface area contributed by atoms with Gasteiger partial charge in [-0.25, -0.2) is 15.1 Å². The average Bonchev–Trinajstić information content (AvgIpc) is 2.62. The summed E-state index contributed by atoms with van der Waals surface area (Å²) >= 11 is 0. The lowest BCUT2D eigenvalue weighted by Crippen LogP contribution is -2.13. The van der Waals surface area contributed by atoms with E-state index in [9.17, 15) is 4.79 Å². The van der Waals surface area contributed by atoms with Crippen LogP contribution >= 0.6 is 0 Å². The van der Waals surface area contributed by atoms with Crippen LogP contribution in [0.4, 0.5) is 11.5 Å². The van der Waals surface area contributed by atoms with Crippen LogP contribution in [-0.2, 0) is 0 Å². The minimum absolute atomic E-state index is 0.345. The van der Waals surface area contributed by atoms with Crippen molar-refractivity contribution in [1.29, 1.82) is 0 Å². The van der Waals surface area contributed by atoms with Gasteiger partial charge in [-0.1, -0.05) is 49.1 Å². The highest BCUT2D eigenvalue weighted by Crippen LogP contribution is 2.23. The second-order valence-corrected chi connectivity index (χ2v) is 5.20. The van der Waals surface area contributed by atoms with Gasteiger partial charge in [0.15, 0.2) is 5.82 Å². The SMILES string of the molecule is C=C/C=C(\C=C/C)c1nc(Nc2ccccc2)c2c(=O)[nH]ncc2n1. The highest BCUT2D eigenvalue weighted by molar-refractivity contribution is 5.91. The molecule has 0 amide bonds. The Hall–Kier alpha value is -3.54. The molecule has 0 aliphatic heterocycles. The normalized spacial score (nSPS) is 11.8. The largest absolute Gasteiger partial charge is 0.339 e. The second-order valence-electron chi connectivity index (χ2n) is 5.20. The van der Waals surface area contributed by atoms with Crippen molar-refractivity contribution < 1.29 is 0 Å². The van der Waals surface area contributed by atoms with Crippen molar-refractivity contribution in [3.63, 3.8) is 0 Å². The number of aromatic amines is 1. The molecule has 0 fully saturated rings. The van der Waals surface area contributed by atoms with Crippen molar-refractivity contribution in [2.45, 2.75) is 6.92 Å². The zero-order chi connectivity index (χ0) is 17.6. The highest BCUT2D eigenvalue weighted by atomic mass is 16.1. The van der Waals surface area contributed by atoms with Crippen molar-refractivity contribution in [2.75, 3.05) is 5.32 Å². The zero-order valence-corrected chi connectivity index (χ0v) is 13.7. The topological polar surface area (TPSA) is 83.6 Å². The Morgan fingerprint density at radius 2 is 2.04 bits per heavy atom. The molecule has 0 radical (unpaired) electrons. The molecule has 124 valence electrons. The number of H-pyrrole nitrogens is 1. The van der Waals surface area contributed by atoms with E-state index < -0.39 is 0 Å². The minimum atomic E-state index is -0.345. The molecule has 6 heteroatoms. The summed E-state index contributed by atoms with van der Waals surface area (Å²) in [6.07, 6.45) is 8.77. The molecule has 6 nitrogen and oxygen atoms in total. The Morgan fingerprint density at radius 1 is 1.24 bits per heavy atom. The number of anilines is 2. The Bertz CT molecular complexity index is 1020. The maximum atomic E-state index is 12.2. The van der Waals surface area contributed by atoms with Gasteiger partial charge in [-0.2, -0.15) is 5.10 Å². The molecule has 0 bridgehead atoms. The number of nitrogens with zero attached hydrogens (tertiary/aromatic N) is 3. The van der Waals surface area contributed by atoms with Crippen molar-refractivity contribution in [3.05, 3.63) is 83.6 Å². The summed E-state index contributed by atoms with van der Waals surface area (Å²) in [6.45, 7) is 5.64. The van der Waals surface area contributed by atoms with Gasteiger partial charge >= 0.3 is 0 Å². The molecular formula is C19H17N5O. The quantitative estimate of drug-likeness (QED) is 0.698. The van der Waals surface area contributed by atoms with Crippen LogP contribution in [0.25, 0.3) is 16.5 Å². The van der Waals surface area contributed by atoms with Gasteiger partial charge in [0.1, 0.15) is 16.7 Å². The van der Waals surface area contributed by atoms with Crippen molar-refractivity contribution in [2.24, 2.45) is 0 Å². The number of fused-ring (bicyclic) bond motifs is 1. The van der Waals surface area contributed by atoms with Crippen LogP contribution in [-0.4, -0.2) is 20.2 Å². The summed E-state index contributed by atoms with van der Waals surface area (Å²) in [4.78, 5) is 21.3. The lowest BCUT2D eigenvalue weighted by Gasteiger charge is -2.10. The number of rotatable bonds is 5. The average molecular weight is 331 g/mol. The van der Waals surface area contributed by atoms with Gasteiger partial charge in [0.2, 0.25) is 0 Å². The van der Waals surface area contributed by atoms with Gasteiger partial charge in [0.25, 0.3) is 5.56 Å². The maximum Gasteiger partial charge on any atom is 0.277 e. The van der Waals surface area contributed by atoms with Crippen LogP contribution in [0.2, 0.25) is 0 Å². The molecule has 0 aliphatic carbocycles. The number of benzene rings is 1. The van der Waals surface area contributed by atoms with Gasteiger partial charge in [-0.05, 0) is 19.1 Å². The monoisotopic (exact) mass is 331 g/mol. The van der Waals surface area contributed by atoms with Crippen LogP contribution in [0.15, 0.2) is 72.2 Å². The van der Waals surface area contributed by atoms with Gasteiger partial charge in [-0.15, -0.1) is 0 Å². The van der Waals surface area contributed by atoms with Crippen LogP contribution < -0.4 is 10.9 Å². The molecule has 0 atom stereocenters. The number of aromatic nitrogens is 4.